The Morgan fingerprint density at radius 1 is 1.17 bits per heavy atom. The number of amides is 1. The van der Waals surface area contributed by atoms with Crippen LogP contribution in [0.15, 0.2) is 30.3 Å². The van der Waals surface area contributed by atoms with E-state index in [0.717, 1.165) is 12.8 Å². The van der Waals surface area contributed by atoms with Crippen molar-refractivity contribution in [3.05, 3.63) is 35.9 Å². The Kier molecular flexibility index (Phi) is 12.4. The van der Waals surface area contributed by atoms with Crippen LogP contribution in [0.2, 0.25) is 0 Å². The second-order valence-corrected chi connectivity index (χ2v) is 13.9. The summed E-state index contributed by atoms with van der Waals surface area (Å²) in [6.45, 7) is 6.12. The number of carbonyl (C=O) groups excluding carboxylic acids is 1. The molecule has 0 spiro atoms. The molecule has 1 aromatic rings. The van der Waals surface area contributed by atoms with Crippen molar-refractivity contribution in [2.45, 2.75) is 40.5 Å². The smallest absolute Gasteiger partial charge is 0.307 e. The predicted molar refractivity (Wildman–Crippen MR) is 135 cm³/mol. The highest BCUT2D eigenvalue weighted by Gasteiger charge is 2.39. The minimum atomic E-state index is -3.28. The topological polar surface area (TPSA) is 53.1 Å². The molecule has 1 atom stereocenters. The molecule has 0 radical (unpaired) electrons. The van der Waals surface area contributed by atoms with Gasteiger partial charge in [-0.15, -0.1) is 0 Å². The van der Waals surface area contributed by atoms with Gasteiger partial charge in [0.2, 0.25) is 0 Å². The van der Waals surface area contributed by atoms with Gasteiger partial charge in [0.05, 0.1) is 18.7 Å². The zero-order chi connectivity index (χ0) is 22.7. The van der Waals surface area contributed by atoms with E-state index in [9.17, 15) is 9.36 Å². The molecule has 0 bridgehead atoms. The van der Waals surface area contributed by atoms with Crippen molar-refractivity contribution in [3.8, 4) is 0 Å². The number of hydrogen-bond donors (Lipinski definition) is 0. The lowest BCUT2D eigenvalue weighted by Crippen LogP contribution is -2.33. The van der Waals surface area contributed by atoms with Crippen molar-refractivity contribution in [2.75, 3.05) is 33.0 Å². The monoisotopic (exact) mass is 491 g/mol. The fraction of sp³-hybridized carbons (Fsp3) is 0.600. The maximum Gasteiger partial charge on any atom is 0.307 e. The Hall–Kier alpha value is -0.730. The summed E-state index contributed by atoms with van der Waals surface area (Å²) in [6, 6.07) is 8.93. The summed E-state index contributed by atoms with van der Waals surface area (Å²) < 4.78 is 24.7. The van der Waals surface area contributed by atoms with Crippen LogP contribution >= 0.6 is 42.4 Å². The molecule has 0 aliphatic rings. The van der Waals surface area contributed by atoms with Gasteiger partial charge in [-0.05, 0) is 43.1 Å². The van der Waals surface area contributed by atoms with Gasteiger partial charge in [-0.2, -0.15) is 4.08 Å². The first-order valence-electron chi connectivity index (χ1n) is 10.1. The molecule has 1 unspecified atom stereocenters. The molecule has 0 saturated heterocycles. The third-order valence-corrected chi connectivity index (χ3v) is 12.1. The van der Waals surface area contributed by atoms with E-state index in [2.05, 4.69) is 13.8 Å². The third kappa shape index (κ3) is 8.08. The summed E-state index contributed by atoms with van der Waals surface area (Å²) in [5.74, 6) is 0.733. The molecular weight excluding hydrogens is 457 g/mol. The normalized spacial score (nSPS) is 13.2. The third-order valence-electron chi connectivity index (χ3n) is 3.90. The van der Waals surface area contributed by atoms with E-state index in [4.69, 9.17) is 17.0 Å². The first-order chi connectivity index (χ1) is 14.2. The lowest BCUT2D eigenvalue weighted by Gasteiger charge is -2.36. The number of carbonyl (C=O) groups is 1. The van der Waals surface area contributed by atoms with Crippen LogP contribution < -0.4 is 0 Å². The summed E-state index contributed by atoms with van der Waals surface area (Å²) in [5, 5.41) is 0.369. The Morgan fingerprint density at radius 2 is 1.80 bits per heavy atom. The van der Waals surface area contributed by atoms with Crippen molar-refractivity contribution in [2.24, 2.45) is 5.92 Å². The zero-order valence-corrected chi connectivity index (χ0v) is 22.1. The summed E-state index contributed by atoms with van der Waals surface area (Å²) >= 11 is 7.99. The van der Waals surface area contributed by atoms with E-state index in [1.807, 2.05) is 24.2 Å². The molecule has 6 nitrogen and oxygen atoms in total. The maximum atomic E-state index is 14.2. The molecule has 10 heteroatoms. The molecule has 0 aliphatic heterocycles. The van der Waals surface area contributed by atoms with E-state index in [1.165, 1.54) is 28.2 Å². The molecule has 170 valence electrons. The van der Waals surface area contributed by atoms with Crippen molar-refractivity contribution in [1.82, 2.24) is 13.1 Å². The molecule has 1 rings (SSSR count). The number of nitrogens with zero attached hydrogens (tertiary/aromatic N) is 3. The first-order valence-corrected chi connectivity index (χ1v) is 14.5. The predicted octanol–water partition coefficient (Wildman–Crippen LogP) is 6.17. The van der Waals surface area contributed by atoms with Gasteiger partial charge in [0, 0.05) is 32.0 Å². The Bertz CT molecular complexity index is 722. The summed E-state index contributed by atoms with van der Waals surface area (Å²) in [7, 11) is 3.36. The Morgan fingerprint density at radius 3 is 2.33 bits per heavy atom. The van der Waals surface area contributed by atoms with E-state index < -0.39 is 6.65 Å². The van der Waals surface area contributed by atoms with Crippen LogP contribution in [0, 0.1) is 5.92 Å². The Balaban J connectivity index is 3.12. The Labute approximate surface area is 195 Å². The van der Waals surface area contributed by atoms with Crippen molar-refractivity contribution in [3.63, 3.8) is 0 Å². The average Bonchev–Trinajstić information content (AvgIpc) is 2.74. The van der Waals surface area contributed by atoms with Crippen LogP contribution in [0.4, 0.5) is 0 Å². The van der Waals surface area contributed by atoms with Gasteiger partial charge in [-0.3, -0.25) is 18.3 Å². The molecule has 0 aromatic heterocycles. The highest BCUT2D eigenvalue weighted by atomic mass is 32.7. The van der Waals surface area contributed by atoms with Gasteiger partial charge in [0.15, 0.2) is 0 Å². The van der Waals surface area contributed by atoms with Gasteiger partial charge in [-0.1, -0.05) is 57.3 Å². The minimum absolute atomic E-state index is 0.269. The molecule has 1 aromatic carbocycles. The van der Waals surface area contributed by atoms with Crippen molar-refractivity contribution >= 4 is 53.5 Å². The van der Waals surface area contributed by atoms with E-state index in [-0.39, 0.29) is 5.91 Å². The van der Waals surface area contributed by atoms with Crippen LogP contribution in [-0.4, -0.2) is 57.1 Å². The molecule has 0 aliphatic carbocycles. The summed E-state index contributed by atoms with van der Waals surface area (Å²) in [6.07, 6.45) is 1.72. The lowest BCUT2D eigenvalue weighted by molar-refractivity contribution is 0.0880. The van der Waals surface area contributed by atoms with Crippen molar-refractivity contribution in [1.29, 1.82) is 0 Å². The van der Waals surface area contributed by atoms with Gasteiger partial charge in [-0.25, -0.2) is 0 Å². The van der Waals surface area contributed by atoms with Gasteiger partial charge >= 0.3 is 6.65 Å². The fourth-order valence-electron chi connectivity index (χ4n) is 2.30. The minimum Gasteiger partial charge on any atom is -0.470 e. The van der Waals surface area contributed by atoms with Gasteiger partial charge in [0.25, 0.3) is 11.1 Å². The van der Waals surface area contributed by atoms with Crippen molar-refractivity contribution < 1.29 is 14.1 Å². The SMILES string of the molecule is CCCOC(=S)N(CCC)SN(C)P(=O)(SCC(C)C)N(C)C(=O)c1ccccc1. The summed E-state index contributed by atoms with van der Waals surface area (Å²) in [4.78, 5) is 13.1. The highest BCUT2D eigenvalue weighted by molar-refractivity contribution is 8.57. The van der Waals surface area contributed by atoms with Gasteiger partial charge in [0.1, 0.15) is 0 Å². The first kappa shape index (κ1) is 27.3. The standard InChI is InChI=1S/C20H34N3O3PS3/c1-7-14-23(20(28)26-15-8-2)30-22(6)27(25,29-16-17(3)4)21(5)19(24)18-12-10-9-11-13-18/h9-13,17H,7-8,14-16H2,1-6H3. The van der Waals surface area contributed by atoms with Crippen LogP contribution in [0.3, 0.4) is 0 Å². The second-order valence-electron chi connectivity index (χ2n) is 7.14. The van der Waals surface area contributed by atoms with Crippen LogP contribution in [0.1, 0.15) is 50.9 Å². The molecular formula is C20H34N3O3PS3. The molecule has 0 heterocycles. The number of ether oxygens (including phenoxy) is 1. The van der Waals surface area contributed by atoms with E-state index in [1.54, 1.807) is 42.4 Å². The molecule has 0 N–H and O–H groups in total. The van der Waals surface area contributed by atoms with E-state index in [0.29, 0.717) is 35.6 Å². The van der Waals surface area contributed by atoms with Crippen LogP contribution in [0.5, 0.6) is 0 Å². The molecule has 0 fully saturated rings. The zero-order valence-electron chi connectivity index (χ0n) is 18.7. The number of thiocarbonyl (C=S) groups is 1. The molecule has 0 saturated carbocycles. The largest absolute Gasteiger partial charge is 0.470 e. The van der Waals surface area contributed by atoms with Crippen LogP contribution in [0.25, 0.3) is 0 Å². The second kappa shape index (κ2) is 13.6. The quantitative estimate of drug-likeness (QED) is 0.195. The van der Waals surface area contributed by atoms with Crippen LogP contribution in [-0.2, 0) is 9.30 Å². The number of benzene rings is 1. The number of hydrogen-bond acceptors (Lipinski definition) is 6. The lowest BCUT2D eigenvalue weighted by atomic mass is 10.2. The maximum absolute atomic E-state index is 14.2. The fourth-order valence-corrected chi connectivity index (χ4v) is 9.16. The average molecular weight is 492 g/mol. The van der Waals surface area contributed by atoms with E-state index >= 15 is 0 Å². The highest BCUT2D eigenvalue weighted by Crippen LogP contribution is 2.66. The molecule has 1 amide bonds. The molecule has 30 heavy (non-hydrogen) atoms. The van der Waals surface area contributed by atoms with Gasteiger partial charge < -0.3 is 4.74 Å². The number of rotatable bonds is 12. The summed E-state index contributed by atoms with van der Waals surface area (Å²) in [5.41, 5.74) is 0.510.